The quantitative estimate of drug-likeness (QED) is 0.799. The third-order valence-electron chi connectivity index (χ3n) is 2.18. The summed E-state index contributed by atoms with van der Waals surface area (Å²) >= 11 is 0. The highest BCUT2D eigenvalue weighted by Gasteiger charge is 2.15. The SMILES string of the molecule is C=Cc1ccc(C(C)(C)N)c(C)c1.Cl. The lowest BCUT2D eigenvalue weighted by atomic mass is 9.90. The molecule has 0 unspecified atom stereocenters. The van der Waals surface area contributed by atoms with Crippen LogP contribution in [0.25, 0.3) is 6.08 Å². The first-order valence-corrected chi connectivity index (χ1v) is 4.47. The fourth-order valence-electron chi connectivity index (χ4n) is 1.54. The van der Waals surface area contributed by atoms with Crippen molar-refractivity contribution in [1.82, 2.24) is 0 Å². The second-order valence-corrected chi connectivity index (χ2v) is 4.00. The molecule has 0 fully saturated rings. The smallest absolute Gasteiger partial charge is 0.0355 e. The zero-order valence-electron chi connectivity index (χ0n) is 9.00. The third-order valence-corrected chi connectivity index (χ3v) is 2.18. The van der Waals surface area contributed by atoms with Gasteiger partial charge in [-0.3, -0.25) is 0 Å². The lowest BCUT2D eigenvalue weighted by Crippen LogP contribution is -2.29. The van der Waals surface area contributed by atoms with Gasteiger partial charge in [-0.05, 0) is 37.5 Å². The number of hydrogen-bond donors (Lipinski definition) is 1. The molecule has 2 heteroatoms. The number of benzene rings is 1. The van der Waals surface area contributed by atoms with Crippen LogP contribution in [0.2, 0.25) is 0 Å². The molecule has 14 heavy (non-hydrogen) atoms. The molecular weight excluding hydrogens is 194 g/mol. The average molecular weight is 212 g/mol. The van der Waals surface area contributed by atoms with Gasteiger partial charge in [0.25, 0.3) is 0 Å². The highest BCUT2D eigenvalue weighted by atomic mass is 35.5. The number of hydrogen-bond acceptors (Lipinski definition) is 1. The maximum Gasteiger partial charge on any atom is 0.0355 e. The molecule has 0 radical (unpaired) electrons. The van der Waals surface area contributed by atoms with Gasteiger partial charge < -0.3 is 5.73 Å². The third kappa shape index (κ3) is 2.86. The summed E-state index contributed by atoms with van der Waals surface area (Å²) in [5, 5.41) is 0. The van der Waals surface area contributed by atoms with Crippen LogP contribution in [0.3, 0.4) is 0 Å². The van der Waals surface area contributed by atoms with Gasteiger partial charge in [0.05, 0.1) is 0 Å². The largest absolute Gasteiger partial charge is 0.322 e. The lowest BCUT2D eigenvalue weighted by Gasteiger charge is -2.21. The molecule has 0 bridgehead atoms. The highest BCUT2D eigenvalue weighted by Crippen LogP contribution is 2.22. The first-order valence-electron chi connectivity index (χ1n) is 4.47. The summed E-state index contributed by atoms with van der Waals surface area (Å²) in [6.45, 7) is 9.85. The molecule has 0 aliphatic carbocycles. The minimum absolute atomic E-state index is 0. The van der Waals surface area contributed by atoms with E-state index in [1.54, 1.807) is 0 Å². The van der Waals surface area contributed by atoms with Crippen LogP contribution in [0.1, 0.15) is 30.5 Å². The van der Waals surface area contributed by atoms with Gasteiger partial charge in [0.2, 0.25) is 0 Å². The fraction of sp³-hybridized carbons (Fsp3) is 0.333. The van der Waals surface area contributed by atoms with Crippen molar-refractivity contribution in [3.63, 3.8) is 0 Å². The maximum absolute atomic E-state index is 6.02. The van der Waals surface area contributed by atoms with Gasteiger partial charge >= 0.3 is 0 Å². The van der Waals surface area contributed by atoms with Gasteiger partial charge in [0, 0.05) is 5.54 Å². The zero-order chi connectivity index (χ0) is 10.1. The summed E-state index contributed by atoms with van der Waals surface area (Å²) in [5.41, 5.74) is 9.33. The molecule has 2 N–H and O–H groups in total. The number of aryl methyl sites for hydroxylation is 1. The standard InChI is InChI=1S/C12H17N.ClH/c1-5-10-6-7-11(9(2)8-10)12(3,4)13;/h5-8H,1,13H2,2-4H3;1H. The first-order chi connectivity index (χ1) is 5.95. The Morgan fingerprint density at radius 3 is 2.29 bits per heavy atom. The monoisotopic (exact) mass is 211 g/mol. The predicted molar refractivity (Wildman–Crippen MR) is 65.7 cm³/mol. The van der Waals surface area contributed by atoms with Crippen molar-refractivity contribution in [3.05, 3.63) is 41.5 Å². The van der Waals surface area contributed by atoms with Crippen molar-refractivity contribution in [2.75, 3.05) is 0 Å². The van der Waals surface area contributed by atoms with E-state index in [2.05, 4.69) is 25.6 Å². The van der Waals surface area contributed by atoms with E-state index < -0.39 is 0 Å². The molecule has 1 aromatic carbocycles. The van der Waals surface area contributed by atoms with E-state index in [1.165, 1.54) is 11.1 Å². The Kier molecular flexibility index (Phi) is 4.37. The predicted octanol–water partition coefficient (Wildman–Crippen LogP) is 3.25. The molecule has 1 aromatic rings. The molecule has 0 heterocycles. The molecule has 0 saturated heterocycles. The van der Waals surface area contributed by atoms with Gasteiger partial charge in [-0.15, -0.1) is 12.4 Å². The minimum atomic E-state index is -0.260. The molecular formula is C12H18ClN. The maximum atomic E-state index is 6.02. The van der Waals surface area contributed by atoms with E-state index in [-0.39, 0.29) is 17.9 Å². The van der Waals surface area contributed by atoms with Crippen molar-refractivity contribution in [2.24, 2.45) is 5.73 Å². The Hall–Kier alpha value is -0.790. The highest BCUT2D eigenvalue weighted by molar-refractivity contribution is 5.85. The van der Waals surface area contributed by atoms with Crippen LogP contribution < -0.4 is 5.73 Å². The molecule has 0 amide bonds. The van der Waals surface area contributed by atoms with E-state index in [0.717, 1.165) is 5.56 Å². The summed E-state index contributed by atoms with van der Waals surface area (Å²) in [6.07, 6.45) is 1.85. The van der Waals surface area contributed by atoms with Gasteiger partial charge in [0.15, 0.2) is 0 Å². The van der Waals surface area contributed by atoms with Crippen LogP contribution in [0.15, 0.2) is 24.8 Å². The van der Waals surface area contributed by atoms with Crippen molar-refractivity contribution in [1.29, 1.82) is 0 Å². The Morgan fingerprint density at radius 1 is 1.36 bits per heavy atom. The van der Waals surface area contributed by atoms with Crippen molar-refractivity contribution in [3.8, 4) is 0 Å². The Morgan fingerprint density at radius 2 is 1.93 bits per heavy atom. The summed E-state index contributed by atoms with van der Waals surface area (Å²) in [7, 11) is 0. The normalized spacial score (nSPS) is 10.6. The van der Waals surface area contributed by atoms with Crippen molar-refractivity contribution < 1.29 is 0 Å². The first kappa shape index (κ1) is 13.2. The topological polar surface area (TPSA) is 26.0 Å². The van der Waals surface area contributed by atoms with Crippen LogP contribution in [-0.4, -0.2) is 0 Å². The minimum Gasteiger partial charge on any atom is -0.322 e. The van der Waals surface area contributed by atoms with Crippen LogP contribution in [0.4, 0.5) is 0 Å². The average Bonchev–Trinajstić information content (AvgIpc) is 2.01. The molecule has 78 valence electrons. The van der Waals surface area contributed by atoms with Gasteiger partial charge in [-0.2, -0.15) is 0 Å². The summed E-state index contributed by atoms with van der Waals surface area (Å²) in [4.78, 5) is 0. The van der Waals surface area contributed by atoms with E-state index in [0.29, 0.717) is 0 Å². The molecule has 0 aliphatic heterocycles. The molecule has 1 nitrogen and oxygen atoms in total. The Labute approximate surface area is 92.4 Å². The van der Waals surface area contributed by atoms with Crippen molar-refractivity contribution >= 4 is 18.5 Å². The number of nitrogens with two attached hydrogens (primary N) is 1. The zero-order valence-corrected chi connectivity index (χ0v) is 9.82. The molecule has 1 rings (SSSR count). The second-order valence-electron chi connectivity index (χ2n) is 4.00. The van der Waals surface area contributed by atoms with Crippen LogP contribution in [0, 0.1) is 6.92 Å². The van der Waals surface area contributed by atoms with Crippen LogP contribution >= 0.6 is 12.4 Å². The molecule has 0 aliphatic rings. The fourth-order valence-corrected chi connectivity index (χ4v) is 1.54. The summed E-state index contributed by atoms with van der Waals surface area (Å²) in [5.74, 6) is 0. The summed E-state index contributed by atoms with van der Waals surface area (Å²) < 4.78 is 0. The molecule has 0 atom stereocenters. The van der Waals surface area contributed by atoms with E-state index in [4.69, 9.17) is 5.73 Å². The van der Waals surface area contributed by atoms with Gasteiger partial charge in [-0.1, -0.05) is 30.9 Å². The van der Waals surface area contributed by atoms with E-state index in [1.807, 2.05) is 26.0 Å². The van der Waals surface area contributed by atoms with Crippen molar-refractivity contribution in [2.45, 2.75) is 26.3 Å². The second kappa shape index (κ2) is 4.63. The number of rotatable bonds is 2. The van der Waals surface area contributed by atoms with Crippen LogP contribution in [0.5, 0.6) is 0 Å². The van der Waals surface area contributed by atoms with Gasteiger partial charge in [0.1, 0.15) is 0 Å². The molecule has 0 spiro atoms. The van der Waals surface area contributed by atoms with E-state index >= 15 is 0 Å². The van der Waals surface area contributed by atoms with Crippen LogP contribution in [-0.2, 0) is 5.54 Å². The number of halogens is 1. The lowest BCUT2D eigenvalue weighted by molar-refractivity contribution is 0.551. The van der Waals surface area contributed by atoms with E-state index in [9.17, 15) is 0 Å². The molecule has 0 saturated carbocycles. The Bertz CT molecular complexity index is 324. The molecule has 0 aromatic heterocycles. The van der Waals surface area contributed by atoms with Gasteiger partial charge in [-0.25, -0.2) is 0 Å². The Balaban J connectivity index is 0.00000169. The summed E-state index contributed by atoms with van der Waals surface area (Å²) in [6, 6.07) is 6.23.